The Morgan fingerprint density at radius 2 is 2.18 bits per heavy atom. The summed E-state index contributed by atoms with van der Waals surface area (Å²) < 4.78 is 9.62. The highest BCUT2D eigenvalue weighted by Crippen LogP contribution is 2.28. The van der Waals surface area contributed by atoms with Crippen LogP contribution >= 0.6 is 11.3 Å². The largest absolute Gasteiger partial charge is 0.462 e. The lowest BCUT2D eigenvalue weighted by Gasteiger charge is -2.05. The average Bonchev–Trinajstić information content (AvgIpc) is 2.60. The minimum absolute atomic E-state index is 0.0424. The van der Waals surface area contributed by atoms with Crippen molar-refractivity contribution in [1.82, 2.24) is 0 Å². The van der Waals surface area contributed by atoms with E-state index in [1.54, 1.807) is 13.0 Å². The Bertz CT molecular complexity index is 414. The molecule has 6 heteroatoms. The van der Waals surface area contributed by atoms with Crippen LogP contribution in [0.25, 0.3) is 0 Å². The summed E-state index contributed by atoms with van der Waals surface area (Å²) in [5.41, 5.74) is 0.388. The molecule has 0 spiro atoms. The number of rotatable bonds is 5. The van der Waals surface area contributed by atoms with Crippen LogP contribution in [0.1, 0.15) is 22.2 Å². The highest BCUT2D eigenvalue weighted by Gasteiger charge is 2.17. The fourth-order valence-corrected chi connectivity index (χ4v) is 2.18. The van der Waals surface area contributed by atoms with Gasteiger partial charge in [-0.15, -0.1) is 11.3 Å². The number of nitrogens with one attached hydrogen (secondary N) is 1. The average molecular weight is 257 g/mol. The molecule has 5 nitrogen and oxygen atoms in total. The van der Waals surface area contributed by atoms with Gasteiger partial charge in [0.15, 0.2) is 0 Å². The maximum absolute atomic E-state index is 11.6. The topological polar surface area (TPSA) is 64.6 Å². The number of aryl methyl sites for hydroxylation is 1. The highest BCUT2D eigenvalue weighted by molar-refractivity contribution is 7.16. The zero-order valence-corrected chi connectivity index (χ0v) is 10.8. The molecule has 1 amide bonds. The van der Waals surface area contributed by atoms with Crippen LogP contribution < -0.4 is 5.32 Å². The Labute approximate surface area is 104 Å². The van der Waals surface area contributed by atoms with Gasteiger partial charge in [-0.05, 0) is 19.9 Å². The molecule has 0 radical (unpaired) electrons. The number of hydrogen-bond acceptors (Lipinski definition) is 5. The van der Waals surface area contributed by atoms with Gasteiger partial charge in [-0.2, -0.15) is 0 Å². The van der Waals surface area contributed by atoms with Gasteiger partial charge in [0.1, 0.15) is 11.6 Å². The predicted molar refractivity (Wildman–Crippen MR) is 65.5 cm³/mol. The first kappa shape index (κ1) is 13.7. The number of hydrogen-bond donors (Lipinski definition) is 1. The van der Waals surface area contributed by atoms with E-state index >= 15 is 0 Å². The zero-order chi connectivity index (χ0) is 12.8. The maximum Gasteiger partial charge on any atom is 0.341 e. The van der Waals surface area contributed by atoms with Crippen molar-refractivity contribution in [2.45, 2.75) is 13.8 Å². The lowest BCUT2D eigenvalue weighted by Crippen LogP contribution is -2.18. The summed E-state index contributed by atoms with van der Waals surface area (Å²) in [6.45, 7) is 3.86. The third kappa shape index (κ3) is 3.83. The molecular weight excluding hydrogens is 242 g/mol. The number of thiophene rings is 1. The van der Waals surface area contributed by atoms with Gasteiger partial charge in [0.05, 0.1) is 12.2 Å². The number of anilines is 1. The standard InChI is InChI=1S/C11H15NO4S/c1-4-16-11(14)8-5-7(2)17-10(8)12-9(13)6-15-3/h5H,4,6H2,1-3H3,(H,12,13). The molecule has 0 saturated carbocycles. The molecule has 0 saturated heterocycles. The Morgan fingerprint density at radius 1 is 1.47 bits per heavy atom. The molecule has 0 aliphatic rings. The van der Waals surface area contributed by atoms with Crippen molar-refractivity contribution < 1.29 is 19.1 Å². The molecule has 0 aliphatic heterocycles. The molecule has 0 unspecified atom stereocenters. The zero-order valence-electron chi connectivity index (χ0n) is 10.0. The van der Waals surface area contributed by atoms with E-state index in [2.05, 4.69) is 5.32 Å². The molecule has 1 aromatic heterocycles. The number of esters is 1. The molecule has 17 heavy (non-hydrogen) atoms. The molecule has 94 valence electrons. The first-order valence-electron chi connectivity index (χ1n) is 5.14. The number of methoxy groups -OCH3 is 1. The summed E-state index contributed by atoms with van der Waals surface area (Å²) in [4.78, 5) is 23.9. The SMILES string of the molecule is CCOC(=O)c1cc(C)sc1NC(=O)COC. The number of carbonyl (C=O) groups excluding carboxylic acids is 2. The van der Waals surface area contributed by atoms with Crippen molar-refractivity contribution in [2.24, 2.45) is 0 Å². The van der Waals surface area contributed by atoms with Gasteiger partial charge < -0.3 is 14.8 Å². The van der Waals surface area contributed by atoms with E-state index in [0.29, 0.717) is 17.2 Å². The van der Waals surface area contributed by atoms with Gasteiger partial charge in [-0.25, -0.2) is 4.79 Å². The lowest BCUT2D eigenvalue weighted by molar-refractivity contribution is -0.119. The quantitative estimate of drug-likeness (QED) is 0.817. The Morgan fingerprint density at radius 3 is 2.76 bits per heavy atom. The smallest absolute Gasteiger partial charge is 0.341 e. The third-order valence-electron chi connectivity index (χ3n) is 1.88. The van der Waals surface area contributed by atoms with Crippen molar-refractivity contribution in [2.75, 3.05) is 25.6 Å². The van der Waals surface area contributed by atoms with Crippen LogP contribution in [0.4, 0.5) is 5.00 Å². The normalized spacial score (nSPS) is 10.1. The van der Waals surface area contributed by atoms with Crippen LogP contribution in [0, 0.1) is 6.92 Å². The summed E-state index contributed by atoms with van der Waals surface area (Å²) in [6.07, 6.45) is 0. The van der Waals surface area contributed by atoms with Crippen LogP contribution in [0.3, 0.4) is 0 Å². The van der Waals surface area contributed by atoms with Gasteiger partial charge in [0.25, 0.3) is 5.91 Å². The monoisotopic (exact) mass is 257 g/mol. The van der Waals surface area contributed by atoms with Crippen LogP contribution in [-0.4, -0.2) is 32.2 Å². The maximum atomic E-state index is 11.6. The minimum Gasteiger partial charge on any atom is -0.462 e. The van der Waals surface area contributed by atoms with E-state index < -0.39 is 5.97 Å². The molecule has 0 atom stereocenters. The summed E-state index contributed by atoms with van der Waals surface area (Å²) in [7, 11) is 1.44. The summed E-state index contributed by atoms with van der Waals surface area (Å²) >= 11 is 1.33. The Kier molecular flexibility index (Phi) is 5.11. The molecule has 0 aliphatic carbocycles. The number of ether oxygens (including phenoxy) is 2. The molecular formula is C11H15NO4S. The van der Waals surface area contributed by atoms with Crippen LogP contribution in [0.15, 0.2) is 6.07 Å². The first-order chi connectivity index (χ1) is 8.08. The third-order valence-corrected chi connectivity index (χ3v) is 2.84. The van der Waals surface area contributed by atoms with Gasteiger partial charge in [0.2, 0.25) is 0 Å². The Hall–Kier alpha value is -1.40. The summed E-state index contributed by atoms with van der Waals surface area (Å²) in [5.74, 6) is -0.718. The van der Waals surface area contributed by atoms with E-state index in [1.807, 2.05) is 6.92 Å². The number of amides is 1. The van der Waals surface area contributed by atoms with Crippen molar-refractivity contribution in [3.05, 3.63) is 16.5 Å². The van der Waals surface area contributed by atoms with Crippen LogP contribution in [-0.2, 0) is 14.3 Å². The molecule has 0 bridgehead atoms. The van der Waals surface area contributed by atoms with E-state index in [9.17, 15) is 9.59 Å². The molecule has 1 heterocycles. The predicted octanol–water partition coefficient (Wildman–Crippen LogP) is 1.82. The van der Waals surface area contributed by atoms with E-state index in [4.69, 9.17) is 9.47 Å². The second-order valence-electron chi connectivity index (χ2n) is 3.30. The van der Waals surface area contributed by atoms with Gasteiger partial charge in [-0.1, -0.05) is 0 Å². The fourth-order valence-electron chi connectivity index (χ4n) is 1.26. The van der Waals surface area contributed by atoms with Crippen molar-refractivity contribution in [1.29, 1.82) is 0 Å². The molecule has 1 rings (SSSR count). The molecule has 0 fully saturated rings. The van der Waals surface area contributed by atoms with Crippen LogP contribution in [0.5, 0.6) is 0 Å². The van der Waals surface area contributed by atoms with Gasteiger partial charge in [0, 0.05) is 12.0 Å². The molecule has 0 aromatic carbocycles. The van der Waals surface area contributed by atoms with E-state index in [-0.39, 0.29) is 12.5 Å². The van der Waals surface area contributed by atoms with E-state index in [1.165, 1.54) is 18.4 Å². The molecule has 1 N–H and O–H groups in total. The first-order valence-corrected chi connectivity index (χ1v) is 5.96. The summed E-state index contributed by atoms with van der Waals surface area (Å²) in [6, 6.07) is 1.70. The second-order valence-corrected chi connectivity index (χ2v) is 4.56. The second kappa shape index (κ2) is 6.36. The Balaban J connectivity index is 2.84. The van der Waals surface area contributed by atoms with E-state index in [0.717, 1.165) is 4.88 Å². The fraction of sp³-hybridized carbons (Fsp3) is 0.455. The van der Waals surface area contributed by atoms with Crippen molar-refractivity contribution in [3.8, 4) is 0 Å². The highest BCUT2D eigenvalue weighted by atomic mass is 32.1. The minimum atomic E-state index is -0.426. The van der Waals surface area contributed by atoms with Gasteiger partial charge >= 0.3 is 5.97 Å². The van der Waals surface area contributed by atoms with Crippen LogP contribution in [0.2, 0.25) is 0 Å². The van der Waals surface area contributed by atoms with Crippen molar-refractivity contribution in [3.63, 3.8) is 0 Å². The summed E-state index contributed by atoms with van der Waals surface area (Å²) in [5, 5.41) is 3.13. The lowest BCUT2D eigenvalue weighted by atomic mass is 10.3. The van der Waals surface area contributed by atoms with Gasteiger partial charge in [-0.3, -0.25) is 4.79 Å². The van der Waals surface area contributed by atoms with Crippen molar-refractivity contribution >= 4 is 28.2 Å². The molecule has 1 aromatic rings. The number of carbonyl (C=O) groups is 2.